The fourth-order valence-electron chi connectivity index (χ4n) is 2.19. The van der Waals surface area contributed by atoms with E-state index in [2.05, 4.69) is 0 Å². The Hall–Kier alpha value is -1.35. The van der Waals surface area contributed by atoms with Gasteiger partial charge in [0.2, 0.25) is 0 Å². The van der Waals surface area contributed by atoms with Crippen molar-refractivity contribution in [2.75, 3.05) is 0 Å². The molecule has 1 aliphatic rings. The zero-order valence-electron chi connectivity index (χ0n) is 8.44. The van der Waals surface area contributed by atoms with Crippen LogP contribution in [0.15, 0.2) is 24.3 Å². The molecule has 1 fully saturated rings. The Balaban J connectivity index is 2.36. The zero-order valence-corrected chi connectivity index (χ0v) is 8.44. The van der Waals surface area contributed by atoms with E-state index >= 15 is 0 Å². The van der Waals surface area contributed by atoms with Gasteiger partial charge in [0.1, 0.15) is 0 Å². The second kappa shape index (κ2) is 3.66. The smallest absolute Gasteiger partial charge is 0.335 e. The molecule has 2 rings (SSSR count). The summed E-state index contributed by atoms with van der Waals surface area (Å²) in [6.45, 7) is 0. The average molecular weight is 206 g/mol. The third kappa shape index (κ3) is 1.88. The molecule has 0 saturated heterocycles. The molecule has 1 aromatic rings. The molecule has 0 aliphatic heterocycles. The fraction of sp³-hybridized carbons (Fsp3) is 0.417. The number of carboxylic acid groups (broad SMARTS) is 1. The van der Waals surface area contributed by atoms with Crippen LogP contribution in [0.1, 0.15) is 41.6 Å². The van der Waals surface area contributed by atoms with Gasteiger partial charge in [-0.25, -0.2) is 4.79 Å². The number of carboxylic acids is 1. The molecule has 15 heavy (non-hydrogen) atoms. The number of carbonyl (C=O) groups is 1. The van der Waals surface area contributed by atoms with Gasteiger partial charge in [0.25, 0.3) is 0 Å². The van der Waals surface area contributed by atoms with Crippen LogP contribution in [0.2, 0.25) is 0 Å². The molecule has 1 saturated carbocycles. The maximum Gasteiger partial charge on any atom is 0.335 e. The van der Waals surface area contributed by atoms with E-state index in [0.29, 0.717) is 0 Å². The second-order valence-corrected chi connectivity index (χ2v) is 4.12. The van der Waals surface area contributed by atoms with Gasteiger partial charge in [-0.1, -0.05) is 25.0 Å². The minimum absolute atomic E-state index is 0.243. The minimum Gasteiger partial charge on any atom is -0.478 e. The van der Waals surface area contributed by atoms with Crippen LogP contribution in [0.5, 0.6) is 0 Å². The molecule has 0 atom stereocenters. The Morgan fingerprint density at radius 1 is 1.27 bits per heavy atom. The van der Waals surface area contributed by atoms with Crippen molar-refractivity contribution in [1.29, 1.82) is 0 Å². The third-order valence-corrected chi connectivity index (χ3v) is 3.08. The maximum atomic E-state index is 10.8. The van der Waals surface area contributed by atoms with Crippen LogP contribution in [-0.2, 0) is 5.60 Å². The lowest BCUT2D eigenvalue weighted by molar-refractivity contribution is 0.0443. The summed E-state index contributed by atoms with van der Waals surface area (Å²) in [5, 5.41) is 19.1. The molecule has 2 N–H and O–H groups in total. The van der Waals surface area contributed by atoms with Crippen molar-refractivity contribution in [2.24, 2.45) is 0 Å². The predicted molar refractivity (Wildman–Crippen MR) is 55.8 cm³/mol. The third-order valence-electron chi connectivity index (χ3n) is 3.08. The van der Waals surface area contributed by atoms with E-state index in [0.717, 1.165) is 31.2 Å². The molecule has 0 spiro atoms. The second-order valence-electron chi connectivity index (χ2n) is 4.12. The number of hydrogen-bond acceptors (Lipinski definition) is 2. The topological polar surface area (TPSA) is 57.5 Å². The number of aliphatic hydroxyl groups is 1. The number of hydrogen-bond donors (Lipinski definition) is 2. The van der Waals surface area contributed by atoms with Gasteiger partial charge in [-0.2, -0.15) is 0 Å². The standard InChI is InChI=1S/C12H14O3/c13-11(14)9-4-3-5-10(8-9)12(15)6-1-2-7-12/h3-5,8,15H,1-2,6-7H2,(H,13,14). The largest absolute Gasteiger partial charge is 0.478 e. The average Bonchev–Trinajstić information content (AvgIpc) is 2.67. The summed E-state index contributed by atoms with van der Waals surface area (Å²) >= 11 is 0. The van der Waals surface area contributed by atoms with Gasteiger partial charge in [-0.05, 0) is 30.5 Å². The Bertz CT molecular complexity index is 378. The number of rotatable bonds is 2. The summed E-state index contributed by atoms with van der Waals surface area (Å²) in [6, 6.07) is 6.62. The van der Waals surface area contributed by atoms with Crippen molar-refractivity contribution in [2.45, 2.75) is 31.3 Å². The van der Waals surface area contributed by atoms with E-state index in [1.54, 1.807) is 24.3 Å². The quantitative estimate of drug-likeness (QED) is 0.779. The normalized spacial score (nSPS) is 19.0. The molecule has 0 unspecified atom stereocenters. The monoisotopic (exact) mass is 206 g/mol. The molecule has 0 radical (unpaired) electrons. The van der Waals surface area contributed by atoms with Crippen LogP contribution in [-0.4, -0.2) is 16.2 Å². The van der Waals surface area contributed by atoms with Crippen LogP contribution >= 0.6 is 0 Å². The summed E-state index contributed by atoms with van der Waals surface area (Å²) in [5.74, 6) is -0.946. The van der Waals surface area contributed by atoms with Crippen molar-refractivity contribution < 1.29 is 15.0 Å². The van der Waals surface area contributed by atoms with Crippen molar-refractivity contribution in [3.63, 3.8) is 0 Å². The highest BCUT2D eigenvalue weighted by Crippen LogP contribution is 2.38. The molecule has 0 amide bonds. The highest BCUT2D eigenvalue weighted by Gasteiger charge is 2.33. The maximum absolute atomic E-state index is 10.8. The molecular formula is C12H14O3. The van der Waals surface area contributed by atoms with Gasteiger partial charge in [-0.15, -0.1) is 0 Å². The molecule has 1 aromatic carbocycles. The van der Waals surface area contributed by atoms with E-state index in [1.165, 1.54) is 0 Å². The SMILES string of the molecule is O=C(O)c1cccc(C2(O)CCCC2)c1. The Morgan fingerprint density at radius 3 is 2.53 bits per heavy atom. The van der Waals surface area contributed by atoms with E-state index < -0.39 is 11.6 Å². The summed E-state index contributed by atoms with van der Waals surface area (Å²) < 4.78 is 0. The van der Waals surface area contributed by atoms with Gasteiger partial charge in [0, 0.05) is 0 Å². The molecule has 3 nitrogen and oxygen atoms in total. The molecule has 0 heterocycles. The van der Waals surface area contributed by atoms with E-state index in [4.69, 9.17) is 5.11 Å². The van der Waals surface area contributed by atoms with Crippen molar-refractivity contribution in [3.8, 4) is 0 Å². The molecule has 0 bridgehead atoms. The molecular weight excluding hydrogens is 192 g/mol. The van der Waals surface area contributed by atoms with Crippen LogP contribution in [0.25, 0.3) is 0 Å². The summed E-state index contributed by atoms with van der Waals surface area (Å²) in [4.78, 5) is 10.8. The van der Waals surface area contributed by atoms with Gasteiger partial charge in [0.05, 0.1) is 11.2 Å². The lowest BCUT2D eigenvalue weighted by atomic mass is 9.91. The first-order valence-corrected chi connectivity index (χ1v) is 5.18. The molecule has 3 heteroatoms. The van der Waals surface area contributed by atoms with E-state index in [1.807, 2.05) is 0 Å². The fourth-order valence-corrected chi connectivity index (χ4v) is 2.19. The Labute approximate surface area is 88.4 Å². The number of benzene rings is 1. The predicted octanol–water partition coefficient (Wildman–Crippen LogP) is 2.15. The highest BCUT2D eigenvalue weighted by atomic mass is 16.4. The summed E-state index contributed by atoms with van der Waals surface area (Å²) in [5.41, 5.74) is 0.179. The van der Waals surface area contributed by atoms with Crippen LogP contribution in [0.3, 0.4) is 0 Å². The summed E-state index contributed by atoms with van der Waals surface area (Å²) in [6.07, 6.45) is 3.48. The van der Waals surface area contributed by atoms with Crippen LogP contribution < -0.4 is 0 Å². The molecule has 1 aliphatic carbocycles. The van der Waals surface area contributed by atoms with Crippen LogP contribution in [0, 0.1) is 0 Å². The Morgan fingerprint density at radius 2 is 1.93 bits per heavy atom. The van der Waals surface area contributed by atoms with Crippen molar-refractivity contribution in [3.05, 3.63) is 35.4 Å². The first kappa shape index (κ1) is 10.2. The molecule has 80 valence electrons. The highest BCUT2D eigenvalue weighted by molar-refractivity contribution is 5.87. The summed E-state index contributed by atoms with van der Waals surface area (Å²) in [7, 11) is 0. The van der Waals surface area contributed by atoms with E-state index in [9.17, 15) is 9.90 Å². The Kier molecular flexibility index (Phi) is 2.49. The number of aromatic carboxylic acids is 1. The van der Waals surface area contributed by atoms with Gasteiger partial charge < -0.3 is 10.2 Å². The first-order chi connectivity index (χ1) is 7.12. The minimum atomic E-state index is -0.946. The zero-order chi connectivity index (χ0) is 10.9. The van der Waals surface area contributed by atoms with Gasteiger partial charge in [-0.3, -0.25) is 0 Å². The van der Waals surface area contributed by atoms with E-state index in [-0.39, 0.29) is 5.56 Å². The lowest BCUT2D eigenvalue weighted by Crippen LogP contribution is -2.21. The van der Waals surface area contributed by atoms with Crippen LogP contribution in [0.4, 0.5) is 0 Å². The van der Waals surface area contributed by atoms with Crippen molar-refractivity contribution in [1.82, 2.24) is 0 Å². The van der Waals surface area contributed by atoms with Gasteiger partial charge in [0.15, 0.2) is 0 Å². The van der Waals surface area contributed by atoms with Gasteiger partial charge >= 0.3 is 5.97 Å². The van der Waals surface area contributed by atoms with Crippen molar-refractivity contribution >= 4 is 5.97 Å². The molecule has 0 aromatic heterocycles. The first-order valence-electron chi connectivity index (χ1n) is 5.18. The lowest BCUT2D eigenvalue weighted by Gasteiger charge is -2.22.